The predicted molar refractivity (Wildman–Crippen MR) is 96.1 cm³/mol. The summed E-state index contributed by atoms with van der Waals surface area (Å²) in [5.41, 5.74) is 1.38. The maximum atomic E-state index is 12.8. The molecular formula is C19H18N4O5. The van der Waals surface area contributed by atoms with E-state index in [0.29, 0.717) is 22.8 Å². The lowest BCUT2D eigenvalue weighted by Gasteiger charge is -2.30. The summed E-state index contributed by atoms with van der Waals surface area (Å²) in [6, 6.07) is 10.0. The number of imide groups is 1. The number of hydrogen-bond acceptors (Lipinski definition) is 6. The fourth-order valence-electron chi connectivity index (χ4n) is 3.04. The van der Waals surface area contributed by atoms with Crippen LogP contribution < -0.4 is 20.1 Å². The molecule has 2 aromatic rings. The number of hydrogen-bond donors (Lipinski definition) is 2. The van der Waals surface area contributed by atoms with Crippen LogP contribution >= 0.6 is 0 Å². The van der Waals surface area contributed by atoms with Crippen LogP contribution in [0.5, 0.6) is 11.5 Å². The molecule has 28 heavy (non-hydrogen) atoms. The molecule has 1 fully saturated rings. The lowest BCUT2D eigenvalue weighted by Crippen LogP contribution is -2.58. The average molecular weight is 382 g/mol. The molecule has 0 aliphatic carbocycles. The molecule has 1 atom stereocenters. The zero-order valence-corrected chi connectivity index (χ0v) is 14.9. The first kappa shape index (κ1) is 17.8. The molecule has 9 nitrogen and oxygen atoms in total. The van der Waals surface area contributed by atoms with Gasteiger partial charge in [-0.05, 0) is 29.8 Å². The van der Waals surface area contributed by atoms with Crippen LogP contribution in [0.3, 0.4) is 0 Å². The van der Waals surface area contributed by atoms with E-state index in [1.165, 1.54) is 0 Å². The maximum Gasteiger partial charge on any atom is 0.324 e. The average Bonchev–Trinajstić information content (AvgIpc) is 3.18. The molecule has 2 aliphatic heterocycles. The van der Waals surface area contributed by atoms with Crippen molar-refractivity contribution in [2.45, 2.75) is 13.1 Å². The van der Waals surface area contributed by atoms with Crippen molar-refractivity contribution in [3.05, 3.63) is 53.9 Å². The summed E-state index contributed by atoms with van der Waals surface area (Å²) in [7, 11) is 0. The van der Waals surface area contributed by atoms with Crippen molar-refractivity contribution >= 4 is 17.8 Å². The first-order chi connectivity index (χ1) is 13.6. The number of nitrogens with one attached hydrogen (secondary N) is 2. The highest BCUT2D eigenvalue weighted by molar-refractivity contribution is 6.08. The Bertz CT molecular complexity index is 918. The molecule has 1 aromatic carbocycles. The number of amides is 4. The van der Waals surface area contributed by atoms with Gasteiger partial charge in [0.15, 0.2) is 11.5 Å². The van der Waals surface area contributed by atoms with E-state index in [4.69, 9.17) is 9.47 Å². The maximum absolute atomic E-state index is 12.8. The van der Waals surface area contributed by atoms with Gasteiger partial charge in [0.1, 0.15) is 5.92 Å². The van der Waals surface area contributed by atoms with E-state index < -0.39 is 23.8 Å². The summed E-state index contributed by atoms with van der Waals surface area (Å²) >= 11 is 0. The highest BCUT2D eigenvalue weighted by Gasteiger charge is 2.38. The molecule has 9 heteroatoms. The highest BCUT2D eigenvalue weighted by atomic mass is 16.7. The lowest BCUT2D eigenvalue weighted by atomic mass is 10.0. The summed E-state index contributed by atoms with van der Waals surface area (Å²) in [4.78, 5) is 42.6. The summed E-state index contributed by atoms with van der Waals surface area (Å²) in [5.74, 6) is -0.807. The first-order valence-corrected chi connectivity index (χ1v) is 8.77. The Morgan fingerprint density at radius 3 is 2.89 bits per heavy atom. The van der Waals surface area contributed by atoms with Crippen LogP contribution in [-0.4, -0.2) is 41.1 Å². The first-order valence-electron chi connectivity index (χ1n) is 8.77. The minimum atomic E-state index is -0.990. The van der Waals surface area contributed by atoms with E-state index >= 15 is 0 Å². The van der Waals surface area contributed by atoms with E-state index in [9.17, 15) is 14.4 Å². The van der Waals surface area contributed by atoms with Crippen LogP contribution in [0.2, 0.25) is 0 Å². The van der Waals surface area contributed by atoms with Gasteiger partial charge in [-0.15, -0.1) is 0 Å². The number of urea groups is 1. The largest absolute Gasteiger partial charge is 0.454 e. The van der Waals surface area contributed by atoms with Crippen LogP contribution in [-0.2, 0) is 22.7 Å². The molecule has 1 unspecified atom stereocenters. The number of ether oxygens (including phenoxy) is 2. The molecule has 0 radical (unpaired) electrons. The van der Waals surface area contributed by atoms with Crippen LogP contribution in [0, 0.1) is 5.92 Å². The summed E-state index contributed by atoms with van der Waals surface area (Å²) in [5, 5.41) is 5.29. The Kier molecular flexibility index (Phi) is 4.79. The van der Waals surface area contributed by atoms with Gasteiger partial charge < -0.3 is 20.1 Å². The molecule has 4 amide bonds. The molecule has 0 saturated carbocycles. The second kappa shape index (κ2) is 7.55. The van der Waals surface area contributed by atoms with E-state index in [0.717, 1.165) is 4.90 Å². The minimum absolute atomic E-state index is 0.0331. The number of nitrogens with zero attached hydrogens (tertiary/aromatic N) is 2. The van der Waals surface area contributed by atoms with Crippen LogP contribution in [0.15, 0.2) is 42.6 Å². The number of aromatic nitrogens is 1. The minimum Gasteiger partial charge on any atom is -0.454 e. The monoisotopic (exact) mass is 382 g/mol. The topological polar surface area (TPSA) is 110 Å². The van der Waals surface area contributed by atoms with Gasteiger partial charge in [0, 0.05) is 12.7 Å². The van der Waals surface area contributed by atoms with Crippen molar-refractivity contribution in [2.24, 2.45) is 5.92 Å². The van der Waals surface area contributed by atoms with Crippen LogP contribution in [0.4, 0.5) is 4.79 Å². The van der Waals surface area contributed by atoms with Crippen molar-refractivity contribution in [1.82, 2.24) is 20.5 Å². The molecule has 2 N–H and O–H groups in total. The number of benzene rings is 1. The zero-order valence-electron chi connectivity index (χ0n) is 14.9. The van der Waals surface area contributed by atoms with E-state index in [-0.39, 0.29) is 26.4 Å². The quantitative estimate of drug-likeness (QED) is 0.740. The molecule has 144 valence electrons. The third kappa shape index (κ3) is 3.59. The third-order valence-electron chi connectivity index (χ3n) is 4.53. The van der Waals surface area contributed by atoms with Gasteiger partial charge in [-0.1, -0.05) is 12.1 Å². The molecule has 1 aromatic heterocycles. The van der Waals surface area contributed by atoms with Gasteiger partial charge in [0.25, 0.3) is 0 Å². The van der Waals surface area contributed by atoms with Gasteiger partial charge in [0.2, 0.25) is 18.6 Å². The zero-order chi connectivity index (χ0) is 19.5. The summed E-state index contributed by atoms with van der Waals surface area (Å²) in [6.45, 7) is 0.342. The normalized spacial score (nSPS) is 18.0. The third-order valence-corrected chi connectivity index (χ3v) is 4.53. The van der Waals surface area contributed by atoms with Gasteiger partial charge >= 0.3 is 6.03 Å². The number of rotatable bonds is 5. The fraction of sp³-hybridized carbons (Fsp3) is 0.263. The smallest absolute Gasteiger partial charge is 0.324 e. The number of fused-ring (bicyclic) bond motifs is 1. The van der Waals surface area contributed by atoms with Crippen molar-refractivity contribution in [3.8, 4) is 11.5 Å². The Labute approximate surface area is 160 Å². The summed E-state index contributed by atoms with van der Waals surface area (Å²) in [6.07, 6.45) is 1.63. The molecule has 0 spiro atoms. The summed E-state index contributed by atoms with van der Waals surface area (Å²) < 4.78 is 10.6. The molecule has 4 rings (SSSR count). The molecular weight excluding hydrogens is 364 g/mol. The molecule has 0 bridgehead atoms. The van der Waals surface area contributed by atoms with Gasteiger partial charge in [0.05, 0.1) is 18.8 Å². The van der Waals surface area contributed by atoms with Crippen molar-refractivity contribution < 1.29 is 23.9 Å². The van der Waals surface area contributed by atoms with Gasteiger partial charge in [-0.25, -0.2) is 4.79 Å². The number of carbonyl (C=O) groups is 3. The van der Waals surface area contributed by atoms with E-state index in [2.05, 4.69) is 15.6 Å². The fourth-order valence-corrected chi connectivity index (χ4v) is 3.04. The number of carbonyl (C=O) groups excluding carboxylic acids is 3. The Morgan fingerprint density at radius 1 is 1.21 bits per heavy atom. The Morgan fingerprint density at radius 2 is 2.07 bits per heavy atom. The van der Waals surface area contributed by atoms with Crippen molar-refractivity contribution in [2.75, 3.05) is 13.3 Å². The van der Waals surface area contributed by atoms with Crippen LogP contribution in [0.25, 0.3) is 0 Å². The van der Waals surface area contributed by atoms with Crippen LogP contribution in [0.1, 0.15) is 11.3 Å². The molecule has 3 heterocycles. The van der Waals surface area contributed by atoms with Gasteiger partial charge in [-0.3, -0.25) is 19.5 Å². The second-order valence-corrected chi connectivity index (χ2v) is 6.39. The second-order valence-electron chi connectivity index (χ2n) is 6.39. The number of pyridine rings is 1. The predicted octanol–water partition coefficient (Wildman–Crippen LogP) is 0.795. The van der Waals surface area contributed by atoms with Crippen molar-refractivity contribution in [1.29, 1.82) is 0 Å². The Balaban J connectivity index is 1.42. The van der Waals surface area contributed by atoms with E-state index in [1.54, 1.807) is 36.5 Å². The lowest BCUT2D eigenvalue weighted by molar-refractivity contribution is -0.141. The Hall–Kier alpha value is -3.62. The highest BCUT2D eigenvalue weighted by Crippen LogP contribution is 2.33. The van der Waals surface area contributed by atoms with E-state index in [1.807, 2.05) is 6.07 Å². The SMILES string of the molecule is O=C(NCc1ccccn1)C1CNC(=O)N(Cc2ccc3c(c2)OCO3)C1=O. The molecule has 2 aliphatic rings. The van der Waals surface area contributed by atoms with Gasteiger partial charge in [-0.2, -0.15) is 0 Å². The molecule has 1 saturated heterocycles. The van der Waals surface area contributed by atoms with Crippen molar-refractivity contribution in [3.63, 3.8) is 0 Å². The standard InChI is InChI=1S/C19H18N4O5/c24-17(21-8-13-3-1-2-6-20-13)14-9-22-19(26)23(18(14)25)10-12-4-5-15-16(7-12)28-11-27-15/h1-7,14H,8-11H2,(H,21,24)(H,22,26).